The van der Waals surface area contributed by atoms with Crippen LogP contribution in [0.4, 0.5) is 10.7 Å². The number of primary amides is 1. The standard InChI is InChI=1S/C13H22N4O2S/c1-3-17-5-4-8(7-17)6-16-13-10(19-2)9(14)11(20-13)12(15)18/h8,16H,3-7,14H2,1-2H3,(H2,15,18). The number of methoxy groups -OCH3 is 1. The Bertz CT molecular complexity index is 489. The van der Waals surface area contributed by atoms with E-state index in [2.05, 4.69) is 17.1 Å². The van der Waals surface area contributed by atoms with E-state index >= 15 is 0 Å². The van der Waals surface area contributed by atoms with Crippen molar-refractivity contribution in [3.05, 3.63) is 4.88 Å². The van der Waals surface area contributed by atoms with Crippen molar-refractivity contribution >= 4 is 27.9 Å². The third-order valence-electron chi connectivity index (χ3n) is 3.70. The highest BCUT2D eigenvalue weighted by molar-refractivity contribution is 7.19. The van der Waals surface area contributed by atoms with Gasteiger partial charge in [-0.25, -0.2) is 0 Å². The molecule has 1 aromatic heterocycles. The second-order valence-corrected chi connectivity index (χ2v) is 6.02. The van der Waals surface area contributed by atoms with Gasteiger partial charge in [0.1, 0.15) is 15.6 Å². The van der Waals surface area contributed by atoms with Crippen LogP contribution < -0.4 is 21.5 Å². The van der Waals surface area contributed by atoms with Crippen LogP contribution in [0, 0.1) is 5.92 Å². The quantitative estimate of drug-likeness (QED) is 0.733. The summed E-state index contributed by atoms with van der Waals surface area (Å²) in [4.78, 5) is 14.1. The molecule has 2 heterocycles. The zero-order valence-corrected chi connectivity index (χ0v) is 12.8. The predicted molar refractivity (Wildman–Crippen MR) is 82.5 cm³/mol. The van der Waals surface area contributed by atoms with Crippen LogP contribution in [0.25, 0.3) is 0 Å². The van der Waals surface area contributed by atoms with Gasteiger partial charge in [-0.2, -0.15) is 0 Å². The topological polar surface area (TPSA) is 93.6 Å². The molecule has 1 aliphatic heterocycles. The molecule has 0 aliphatic carbocycles. The molecule has 0 bridgehead atoms. The molecular formula is C13H22N4O2S. The molecule has 6 nitrogen and oxygen atoms in total. The first-order chi connectivity index (χ1) is 9.56. The minimum absolute atomic E-state index is 0.328. The lowest BCUT2D eigenvalue weighted by Gasteiger charge is -2.14. The molecule has 1 fully saturated rings. The lowest BCUT2D eigenvalue weighted by molar-refractivity contribution is 0.100. The number of hydrogen-bond acceptors (Lipinski definition) is 6. The zero-order valence-electron chi connectivity index (χ0n) is 11.9. The van der Waals surface area contributed by atoms with Crippen LogP contribution in [0.3, 0.4) is 0 Å². The van der Waals surface area contributed by atoms with Crippen molar-refractivity contribution in [1.82, 2.24) is 4.90 Å². The number of nitrogen functional groups attached to an aromatic ring is 1. The second kappa shape index (κ2) is 6.32. The largest absolute Gasteiger partial charge is 0.492 e. The summed E-state index contributed by atoms with van der Waals surface area (Å²) in [6, 6.07) is 0. The minimum atomic E-state index is -0.517. The van der Waals surface area contributed by atoms with E-state index in [1.54, 1.807) is 7.11 Å². The number of carbonyl (C=O) groups excluding carboxylic acids is 1. The van der Waals surface area contributed by atoms with Gasteiger partial charge in [-0.3, -0.25) is 4.79 Å². The minimum Gasteiger partial charge on any atom is -0.492 e. The van der Waals surface area contributed by atoms with Crippen molar-refractivity contribution in [2.24, 2.45) is 11.7 Å². The molecule has 1 unspecified atom stereocenters. The number of nitrogens with zero attached hydrogens (tertiary/aromatic N) is 1. The normalized spacial score (nSPS) is 19.2. The summed E-state index contributed by atoms with van der Waals surface area (Å²) in [5.41, 5.74) is 11.5. The van der Waals surface area contributed by atoms with Gasteiger partial charge in [-0.1, -0.05) is 6.92 Å². The van der Waals surface area contributed by atoms with E-state index in [-0.39, 0.29) is 0 Å². The number of ether oxygens (including phenoxy) is 1. The van der Waals surface area contributed by atoms with Gasteiger partial charge >= 0.3 is 0 Å². The molecule has 0 spiro atoms. The van der Waals surface area contributed by atoms with Crippen LogP contribution in [0.5, 0.6) is 5.75 Å². The molecule has 1 aromatic rings. The number of carbonyl (C=O) groups is 1. The molecular weight excluding hydrogens is 276 g/mol. The summed E-state index contributed by atoms with van der Waals surface area (Å²) in [5, 5.41) is 4.13. The second-order valence-electron chi connectivity index (χ2n) is 5.00. The molecule has 1 atom stereocenters. The fourth-order valence-corrected chi connectivity index (χ4v) is 3.48. The van der Waals surface area contributed by atoms with Crippen molar-refractivity contribution < 1.29 is 9.53 Å². The third-order valence-corrected chi connectivity index (χ3v) is 4.86. The van der Waals surface area contributed by atoms with Gasteiger partial charge in [0, 0.05) is 13.1 Å². The fraction of sp³-hybridized carbons (Fsp3) is 0.615. The summed E-state index contributed by atoms with van der Waals surface area (Å²) < 4.78 is 5.27. The summed E-state index contributed by atoms with van der Waals surface area (Å²) >= 11 is 1.26. The number of thiophene rings is 1. The van der Waals surface area contributed by atoms with Crippen LogP contribution in [0.1, 0.15) is 23.0 Å². The maximum Gasteiger partial charge on any atom is 0.261 e. The van der Waals surface area contributed by atoms with Crippen molar-refractivity contribution in [2.45, 2.75) is 13.3 Å². The Morgan fingerprint density at radius 1 is 1.60 bits per heavy atom. The number of nitrogens with one attached hydrogen (secondary N) is 1. The van der Waals surface area contributed by atoms with E-state index in [4.69, 9.17) is 16.2 Å². The Morgan fingerprint density at radius 2 is 2.35 bits per heavy atom. The molecule has 0 radical (unpaired) electrons. The van der Waals surface area contributed by atoms with Crippen molar-refractivity contribution in [3.63, 3.8) is 0 Å². The first kappa shape index (κ1) is 14.9. The van der Waals surface area contributed by atoms with E-state index in [0.717, 1.165) is 31.2 Å². The zero-order chi connectivity index (χ0) is 14.7. The molecule has 0 saturated carbocycles. The van der Waals surface area contributed by atoms with E-state index in [9.17, 15) is 4.79 Å². The van der Waals surface area contributed by atoms with Crippen molar-refractivity contribution in [3.8, 4) is 5.75 Å². The highest BCUT2D eigenvalue weighted by atomic mass is 32.1. The average Bonchev–Trinajstić information content (AvgIpc) is 3.00. The highest BCUT2D eigenvalue weighted by Gasteiger charge is 2.23. The molecule has 20 heavy (non-hydrogen) atoms. The molecule has 1 aliphatic rings. The van der Waals surface area contributed by atoms with Crippen molar-refractivity contribution in [2.75, 3.05) is 44.3 Å². The average molecular weight is 298 g/mol. The van der Waals surface area contributed by atoms with Gasteiger partial charge in [-0.15, -0.1) is 11.3 Å². The number of anilines is 2. The lowest BCUT2D eigenvalue weighted by Crippen LogP contribution is -2.22. The van der Waals surface area contributed by atoms with Crippen LogP contribution >= 0.6 is 11.3 Å². The molecule has 0 aromatic carbocycles. The number of likely N-dealkylation sites (tertiary alicyclic amines) is 1. The van der Waals surface area contributed by atoms with E-state index in [1.165, 1.54) is 17.8 Å². The van der Waals surface area contributed by atoms with E-state index in [0.29, 0.717) is 22.2 Å². The molecule has 1 amide bonds. The Hall–Kier alpha value is -1.47. The molecule has 1 saturated heterocycles. The van der Waals surface area contributed by atoms with Gasteiger partial charge in [0.25, 0.3) is 5.91 Å². The summed E-state index contributed by atoms with van der Waals surface area (Å²) in [7, 11) is 1.54. The highest BCUT2D eigenvalue weighted by Crippen LogP contribution is 2.42. The van der Waals surface area contributed by atoms with Crippen LogP contribution in [0.15, 0.2) is 0 Å². The first-order valence-corrected chi connectivity index (χ1v) is 7.60. The Balaban J connectivity index is 2.02. The first-order valence-electron chi connectivity index (χ1n) is 6.79. The number of nitrogens with two attached hydrogens (primary N) is 2. The predicted octanol–water partition coefficient (Wildman–Crippen LogP) is 1.19. The van der Waals surface area contributed by atoms with Gasteiger partial charge in [-0.05, 0) is 25.4 Å². The number of amides is 1. The van der Waals surface area contributed by atoms with Crippen molar-refractivity contribution in [1.29, 1.82) is 0 Å². The van der Waals surface area contributed by atoms with Crippen LogP contribution in [-0.2, 0) is 0 Å². The SMILES string of the molecule is CCN1CCC(CNc2sc(C(N)=O)c(N)c2OC)C1. The lowest BCUT2D eigenvalue weighted by atomic mass is 10.1. The fourth-order valence-electron chi connectivity index (χ4n) is 2.53. The van der Waals surface area contributed by atoms with E-state index < -0.39 is 5.91 Å². The summed E-state index contributed by atoms with van der Waals surface area (Å²) in [6.45, 7) is 6.38. The maximum atomic E-state index is 11.3. The maximum absolute atomic E-state index is 11.3. The Morgan fingerprint density at radius 3 is 2.90 bits per heavy atom. The van der Waals surface area contributed by atoms with Gasteiger partial charge in [0.2, 0.25) is 0 Å². The number of rotatable bonds is 6. The van der Waals surface area contributed by atoms with Gasteiger partial charge in [0.05, 0.1) is 7.11 Å². The molecule has 5 N–H and O–H groups in total. The molecule has 7 heteroatoms. The molecule has 112 valence electrons. The van der Waals surface area contributed by atoms with E-state index in [1.807, 2.05) is 0 Å². The Kier molecular flexibility index (Phi) is 4.72. The monoisotopic (exact) mass is 298 g/mol. The van der Waals surface area contributed by atoms with Crippen LogP contribution in [0.2, 0.25) is 0 Å². The number of hydrogen-bond donors (Lipinski definition) is 3. The Labute approximate surface area is 123 Å². The summed E-state index contributed by atoms with van der Waals surface area (Å²) in [5.74, 6) is 0.617. The third kappa shape index (κ3) is 2.99. The molecule has 2 rings (SSSR count). The van der Waals surface area contributed by atoms with Crippen LogP contribution in [-0.4, -0.2) is 44.1 Å². The van der Waals surface area contributed by atoms with Gasteiger partial charge < -0.3 is 26.4 Å². The summed E-state index contributed by atoms with van der Waals surface area (Å²) in [6.07, 6.45) is 1.19. The van der Waals surface area contributed by atoms with Gasteiger partial charge in [0.15, 0.2) is 5.75 Å². The smallest absolute Gasteiger partial charge is 0.261 e.